The summed E-state index contributed by atoms with van der Waals surface area (Å²) in [5, 5.41) is 3.35. The predicted molar refractivity (Wildman–Crippen MR) is 95.7 cm³/mol. The van der Waals surface area contributed by atoms with Crippen LogP contribution in [0.2, 0.25) is 5.02 Å². The van der Waals surface area contributed by atoms with E-state index in [1.807, 2.05) is 31.2 Å². The number of nitrogens with one attached hydrogen (secondary N) is 1. The molecular weight excluding hydrogens is 340 g/mol. The van der Waals surface area contributed by atoms with Crippen LogP contribution >= 0.6 is 11.6 Å². The molecule has 3 amide bonds. The Morgan fingerprint density at radius 2 is 1.88 bits per heavy atom. The van der Waals surface area contributed by atoms with E-state index in [-0.39, 0.29) is 19.1 Å². The van der Waals surface area contributed by atoms with Crippen LogP contribution in [0, 0.1) is 6.92 Å². The SMILES string of the molecule is Cc1ccc(C2(C)NC(=O)N(CCOc3cccc(Cl)c3)C2=O)cc1. The topological polar surface area (TPSA) is 58.6 Å². The molecule has 1 aliphatic heterocycles. The van der Waals surface area contributed by atoms with Gasteiger partial charge in [0.2, 0.25) is 0 Å². The summed E-state index contributed by atoms with van der Waals surface area (Å²) in [6, 6.07) is 14.1. The second-order valence-electron chi connectivity index (χ2n) is 6.18. The Labute approximate surface area is 151 Å². The number of benzene rings is 2. The van der Waals surface area contributed by atoms with Crippen molar-refractivity contribution in [2.24, 2.45) is 0 Å². The van der Waals surface area contributed by atoms with Gasteiger partial charge in [0, 0.05) is 5.02 Å². The Hall–Kier alpha value is -2.53. The van der Waals surface area contributed by atoms with Crippen molar-refractivity contribution >= 4 is 23.5 Å². The molecule has 0 bridgehead atoms. The molecule has 3 rings (SSSR count). The van der Waals surface area contributed by atoms with E-state index < -0.39 is 11.6 Å². The van der Waals surface area contributed by atoms with Crippen LogP contribution in [-0.2, 0) is 10.3 Å². The van der Waals surface area contributed by atoms with Crippen molar-refractivity contribution < 1.29 is 14.3 Å². The van der Waals surface area contributed by atoms with E-state index in [1.54, 1.807) is 31.2 Å². The Balaban J connectivity index is 1.68. The third kappa shape index (κ3) is 3.46. The summed E-state index contributed by atoms with van der Waals surface area (Å²) in [7, 11) is 0. The maximum atomic E-state index is 12.8. The summed E-state index contributed by atoms with van der Waals surface area (Å²) >= 11 is 5.90. The Morgan fingerprint density at radius 1 is 1.16 bits per heavy atom. The van der Waals surface area contributed by atoms with Gasteiger partial charge in [0.15, 0.2) is 0 Å². The molecule has 0 aromatic heterocycles. The van der Waals surface area contributed by atoms with Gasteiger partial charge in [0.25, 0.3) is 5.91 Å². The second kappa shape index (κ2) is 6.76. The van der Waals surface area contributed by atoms with Crippen LogP contribution in [0.3, 0.4) is 0 Å². The van der Waals surface area contributed by atoms with Crippen molar-refractivity contribution in [2.45, 2.75) is 19.4 Å². The molecule has 0 spiro atoms. The Kier molecular flexibility index (Phi) is 4.68. The van der Waals surface area contributed by atoms with Crippen LogP contribution in [0.25, 0.3) is 0 Å². The van der Waals surface area contributed by atoms with Gasteiger partial charge >= 0.3 is 6.03 Å². The molecule has 130 valence electrons. The molecule has 1 fully saturated rings. The summed E-state index contributed by atoms with van der Waals surface area (Å²) < 4.78 is 5.58. The number of urea groups is 1. The van der Waals surface area contributed by atoms with Crippen molar-refractivity contribution in [1.82, 2.24) is 10.2 Å². The molecule has 0 radical (unpaired) electrons. The average Bonchev–Trinajstić information content (AvgIpc) is 2.79. The lowest BCUT2D eigenvalue weighted by molar-refractivity contribution is -0.131. The van der Waals surface area contributed by atoms with Gasteiger partial charge in [-0.2, -0.15) is 0 Å². The van der Waals surface area contributed by atoms with Gasteiger partial charge in [-0.25, -0.2) is 4.79 Å². The lowest BCUT2D eigenvalue weighted by atomic mass is 9.91. The van der Waals surface area contributed by atoms with Gasteiger partial charge in [-0.15, -0.1) is 0 Å². The van der Waals surface area contributed by atoms with Gasteiger partial charge in [0.05, 0.1) is 6.54 Å². The highest BCUT2D eigenvalue weighted by Crippen LogP contribution is 2.29. The summed E-state index contributed by atoms with van der Waals surface area (Å²) in [6.07, 6.45) is 0. The lowest BCUT2D eigenvalue weighted by Gasteiger charge is -2.22. The van der Waals surface area contributed by atoms with Gasteiger partial charge in [-0.1, -0.05) is 47.5 Å². The molecule has 2 aromatic carbocycles. The van der Waals surface area contributed by atoms with E-state index >= 15 is 0 Å². The fourth-order valence-corrected chi connectivity index (χ4v) is 2.97. The average molecular weight is 359 g/mol. The molecular formula is C19H19ClN2O3. The number of ether oxygens (including phenoxy) is 1. The summed E-state index contributed by atoms with van der Waals surface area (Å²) in [5.41, 5.74) is 0.798. The number of hydrogen-bond donors (Lipinski definition) is 1. The van der Waals surface area contributed by atoms with E-state index in [1.165, 1.54) is 4.90 Å². The van der Waals surface area contributed by atoms with Crippen LogP contribution in [0.1, 0.15) is 18.1 Å². The fourth-order valence-electron chi connectivity index (χ4n) is 2.79. The largest absolute Gasteiger partial charge is 0.492 e. The third-order valence-corrected chi connectivity index (χ3v) is 4.52. The number of nitrogens with zero attached hydrogens (tertiary/aromatic N) is 1. The van der Waals surface area contributed by atoms with Crippen LogP contribution < -0.4 is 10.1 Å². The molecule has 1 heterocycles. The number of amides is 3. The van der Waals surface area contributed by atoms with E-state index in [9.17, 15) is 9.59 Å². The number of aryl methyl sites for hydroxylation is 1. The second-order valence-corrected chi connectivity index (χ2v) is 6.62. The maximum Gasteiger partial charge on any atom is 0.325 e. The zero-order chi connectivity index (χ0) is 18.0. The standard InChI is InChI=1S/C19H19ClN2O3/c1-13-6-8-14(9-7-13)19(2)17(23)22(18(24)21-19)10-11-25-16-5-3-4-15(20)12-16/h3-9,12H,10-11H2,1-2H3,(H,21,24). The summed E-state index contributed by atoms with van der Waals surface area (Å²) in [4.78, 5) is 26.2. The first-order valence-corrected chi connectivity index (χ1v) is 8.37. The normalized spacial score (nSPS) is 19.9. The van der Waals surface area contributed by atoms with Crippen LogP contribution in [0.5, 0.6) is 5.75 Å². The van der Waals surface area contributed by atoms with Gasteiger partial charge in [-0.3, -0.25) is 9.69 Å². The number of imide groups is 1. The highest BCUT2D eigenvalue weighted by molar-refractivity contribution is 6.30. The van der Waals surface area contributed by atoms with Crippen molar-refractivity contribution in [2.75, 3.05) is 13.2 Å². The molecule has 1 aliphatic rings. The number of carbonyl (C=O) groups excluding carboxylic acids is 2. The highest BCUT2D eigenvalue weighted by Gasteiger charge is 2.48. The molecule has 5 nitrogen and oxygen atoms in total. The molecule has 1 unspecified atom stereocenters. The molecule has 1 saturated heterocycles. The quantitative estimate of drug-likeness (QED) is 0.832. The van der Waals surface area contributed by atoms with Crippen LogP contribution in [0.4, 0.5) is 4.79 Å². The first-order valence-electron chi connectivity index (χ1n) is 8.00. The smallest absolute Gasteiger partial charge is 0.325 e. The van der Waals surface area contributed by atoms with Gasteiger partial charge in [-0.05, 0) is 37.6 Å². The molecule has 2 aromatic rings. The Morgan fingerprint density at radius 3 is 2.56 bits per heavy atom. The van der Waals surface area contributed by atoms with Crippen LogP contribution in [0.15, 0.2) is 48.5 Å². The molecule has 0 aliphatic carbocycles. The van der Waals surface area contributed by atoms with Crippen molar-refractivity contribution in [1.29, 1.82) is 0 Å². The first-order chi connectivity index (χ1) is 11.9. The van der Waals surface area contributed by atoms with E-state index in [4.69, 9.17) is 16.3 Å². The molecule has 1 atom stereocenters. The molecule has 6 heteroatoms. The number of carbonyl (C=O) groups is 2. The van der Waals surface area contributed by atoms with Crippen molar-refractivity contribution in [3.63, 3.8) is 0 Å². The van der Waals surface area contributed by atoms with E-state index in [0.29, 0.717) is 10.8 Å². The number of rotatable bonds is 5. The van der Waals surface area contributed by atoms with Crippen molar-refractivity contribution in [3.8, 4) is 5.75 Å². The van der Waals surface area contributed by atoms with Crippen LogP contribution in [-0.4, -0.2) is 30.0 Å². The molecule has 0 saturated carbocycles. The van der Waals surface area contributed by atoms with E-state index in [0.717, 1.165) is 11.1 Å². The molecule has 25 heavy (non-hydrogen) atoms. The summed E-state index contributed by atoms with van der Waals surface area (Å²) in [6.45, 7) is 4.05. The third-order valence-electron chi connectivity index (χ3n) is 4.28. The zero-order valence-electron chi connectivity index (χ0n) is 14.1. The minimum atomic E-state index is -1.05. The van der Waals surface area contributed by atoms with Crippen molar-refractivity contribution in [3.05, 3.63) is 64.7 Å². The predicted octanol–water partition coefficient (Wildman–Crippen LogP) is 3.49. The summed E-state index contributed by atoms with van der Waals surface area (Å²) in [5.74, 6) is 0.317. The number of halogens is 1. The minimum absolute atomic E-state index is 0.165. The van der Waals surface area contributed by atoms with Gasteiger partial charge < -0.3 is 10.1 Å². The minimum Gasteiger partial charge on any atom is -0.492 e. The van der Waals surface area contributed by atoms with Gasteiger partial charge in [0.1, 0.15) is 17.9 Å². The van der Waals surface area contributed by atoms with E-state index in [2.05, 4.69) is 5.32 Å². The maximum absolute atomic E-state index is 12.8. The fraction of sp³-hybridized carbons (Fsp3) is 0.263. The zero-order valence-corrected chi connectivity index (χ0v) is 14.8. The Bertz CT molecular complexity index is 807. The monoisotopic (exact) mass is 358 g/mol. The highest BCUT2D eigenvalue weighted by atomic mass is 35.5. The first kappa shape index (κ1) is 17.3. The number of hydrogen-bond acceptors (Lipinski definition) is 3. The molecule has 1 N–H and O–H groups in total. The lowest BCUT2D eigenvalue weighted by Crippen LogP contribution is -2.41.